The molecule has 0 amide bonds. The molecule has 0 fully saturated rings. The normalized spacial score (nSPS) is 11.9. The van der Waals surface area contributed by atoms with Crippen molar-refractivity contribution >= 4 is 65.4 Å². The van der Waals surface area contributed by atoms with Crippen molar-refractivity contribution in [2.75, 3.05) is 0 Å². The lowest BCUT2D eigenvalue weighted by molar-refractivity contribution is 0.669. The SMILES string of the molecule is Cc1cccc(-c2nc(-c3cccc4c3ccc3cc5oc6ccccc6c5cc34)nc(-c3cccc4oc5ccccc5c34)n2)c1. The number of rotatable bonds is 3. The fourth-order valence-corrected chi connectivity index (χ4v) is 7.00. The number of hydrogen-bond donors (Lipinski definition) is 0. The molecule has 0 spiro atoms. The molecule has 0 aliphatic rings. The minimum absolute atomic E-state index is 0.605. The molecule has 220 valence electrons. The smallest absolute Gasteiger partial charge is 0.164 e. The highest BCUT2D eigenvalue weighted by atomic mass is 16.3. The lowest BCUT2D eigenvalue weighted by atomic mass is 9.96. The molecule has 0 radical (unpaired) electrons. The summed E-state index contributed by atoms with van der Waals surface area (Å²) in [5.74, 6) is 1.85. The Balaban J connectivity index is 1.25. The van der Waals surface area contributed by atoms with Gasteiger partial charge < -0.3 is 8.83 Å². The summed E-state index contributed by atoms with van der Waals surface area (Å²) in [6.07, 6.45) is 0. The molecule has 7 aromatic carbocycles. The fraction of sp³-hybridized carbons (Fsp3) is 0.0238. The van der Waals surface area contributed by atoms with E-state index in [0.717, 1.165) is 87.7 Å². The van der Waals surface area contributed by atoms with Crippen LogP contribution in [0.4, 0.5) is 0 Å². The average Bonchev–Trinajstić information content (AvgIpc) is 3.68. The quantitative estimate of drug-likeness (QED) is 0.188. The van der Waals surface area contributed by atoms with Crippen molar-refractivity contribution in [1.29, 1.82) is 0 Å². The first kappa shape index (κ1) is 25.9. The van der Waals surface area contributed by atoms with Gasteiger partial charge in [-0.05, 0) is 64.9 Å². The summed E-state index contributed by atoms with van der Waals surface area (Å²) in [6.45, 7) is 2.08. The van der Waals surface area contributed by atoms with Crippen molar-refractivity contribution in [2.45, 2.75) is 6.92 Å². The first-order valence-electron chi connectivity index (χ1n) is 15.7. The van der Waals surface area contributed by atoms with Crippen LogP contribution in [0.3, 0.4) is 0 Å². The second kappa shape index (κ2) is 9.83. The largest absolute Gasteiger partial charge is 0.456 e. The number of benzene rings is 7. The maximum atomic E-state index is 6.23. The van der Waals surface area contributed by atoms with Crippen LogP contribution in [-0.2, 0) is 0 Å². The van der Waals surface area contributed by atoms with Gasteiger partial charge in [-0.3, -0.25) is 0 Å². The molecule has 10 aromatic rings. The van der Waals surface area contributed by atoms with Crippen LogP contribution in [-0.4, -0.2) is 15.0 Å². The molecule has 0 atom stereocenters. The zero-order valence-corrected chi connectivity index (χ0v) is 25.4. The van der Waals surface area contributed by atoms with E-state index in [4.69, 9.17) is 23.8 Å². The van der Waals surface area contributed by atoms with Crippen molar-refractivity contribution in [3.05, 3.63) is 139 Å². The summed E-state index contributed by atoms with van der Waals surface area (Å²) in [5.41, 5.74) is 7.36. The number of aromatic nitrogens is 3. The molecule has 5 heteroatoms. The van der Waals surface area contributed by atoms with Crippen molar-refractivity contribution in [3.63, 3.8) is 0 Å². The van der Waals surface area contributed by atoms with Crippen LogP contribution in [0.25, 0.3) is 99.6 Å². The molecule has 5 nitrogen and oxygen atoms in total. The Kier molecular flexibility index (Phi) is 5.43. The van der Waals surface area contributed by atoms with Gasteiger partial charge in [-0.25, -0.2) is 15.0 Å². The van der Waals surface area contributed by atoms with Gasteiger partial charge in [0, 0.05) is 38.2 Å². The Morgan fingerprint density at radius 2 is 1.06 bits per heavy atom. The molecule has 0 N–H and O–H groups in total. The zero-order chi connectivity index (χ0) is 31.1. The van der Waals surface area contributed by atoms with Crippen LogP contribution in [0.15, 0.2) is 142 Å². The van der Waals surface area contributed by atoms with Crippen LogP contribution >= 0.6 is 0 Å². The Labute approximate surface area is 268 Å². The minimum Gasteiger partial charge on any atom is -0.456 e. The van der Waals surface area contributed by atoms with Crippen molar-refractivity contribution < 1.29 is 8.83 Å². The molecule has 47 heavy (non-hydrogen) atoms. The third kappa shape index (κ3) is 4.00. The van der Waals surface area contributed by atoms with Gasteiger partial charge in [0.2, 0.25) is 0 Å². The maximum absolute atomic E-state index is 6.23. The van der Waals surface area contributed by atoms with Crippen LogP contribution in [0, 0.1) is 6.92 Å². The van der Waals surface area contributed by atoms with Gasteiger partial charge in [0.05, 0.1) is 0 Å². The predicted octanol–water partition coefficient (Wildman–Crippen LogP) is 11.3. The van der Waals surface area contributed by atoms with E-state index < -0.39 is 0 Å². The molecular formula is C42H25N3O2. The lowest BCUT2D eigenvalue weighted by Gasteiger charge is -2.12. The Morgan fingerprint density at radius 1 is 0.404 bits per heavy atom. The standard InChI is InChI=1S/C42H25N3O2/c1-24-9-6-10-26(21-24)40-43-41(45-42(44-40)32-15-8-18-37-39(32)31-12-3-5-17-36(31)46-37)30-14-7-13-27-28(30)20-19-25-22-38-34(23-33(25)27)29-11-2-4-16-35(29)47-38/h2-23H,1H3. The number of fused-ring (bicyclic) bond motifs is 9. The minimum atomic E-state index is 0.605. The van der Waals surface area contributed by atoms with Crippen LogP contribution in [0.5, 0.6) is 0 Å². The van der Waals surface area contributed by atoms with Gasteiger partial charge in [-0.1, -0.05) is 103 Å². The van der Waals surface area contributed by atoms with E-state index in [-0.39, 0.29) is 0 Å². The summed E-state index contributed by atoms with van der Waals surface area (Å²) in [4.78, 5) is 15.4. The molecule has 10 rings (SSSR count). The molecular weight excluding hydrogens is 578 g/mol. The molecule has 3 aromatic heterocycles. The van der Waals surface area contributed by atoms with Crippen LogP contribution < -0.4 is 0 Å². The van der Waals surface area contributed by atoms with E-state index in [1.54, 1.807) is 0 Å². The van der Waals surface area contributed by atoms with Gasteiger partial charge in [-0.2, -0.15) is 0 Å². The third-order valence-electron chi connectivity index (χ3n) is 9.17. The zero-order valence-electron chi connectivity index (χ0n) is 25.4. The molecule has 0 saturated heterocycles. The van der Waals surface area contributed by atoms with E-state index >= 15 is 0 Å². The summed E-state index contributed by atoms with van der Waals surface area (Å²) >= 11 is 0. The molecule has 0 saturated carbocycles. The van der Waals surface area contributed by atoms with Gasteiger partial charge in [0.15, 0.2) is 17.5 Å². The summed E-state index contributed by atoms with van der Waals surface area (Å²) < 4.78 is 12.4. The Hall–Kier alpha value is -6.33. The summed E-state index contributed by atoms with van der Waals surface area (Å²) in [5, 5.41) is 8.74. The van der Waals surface area contributed by atoms with E-state index in [9.17, 15) is 0 Å². The number of nitrogens with zero attached hydrogens (tertiary/aromatic N) is 3. The van der Waals surface area contributed by atoms with Gasteiger partial charge in [0.1, 0.15) is 22.3 Å². The molecule has 0 aliphatic carbocycles. The lowest BCUT2D eigenvalue weighted by Crippen LogP contribution is -2.01. The molecule has 0 aliphatic heterocycles. The van der Waals surface area contributed by atoms with Gasteiger partial charge >= 0.3 is 0 Å². The van der Waals surface area contributed by atoms with Crippen molar-refractivity contribution in [1.82, 2.24) is 15.0 Å². The molecule has 0 bridgehead atoms. The summed E-state index contributed by atoms with van der Waals surface area (Å²) in [7, 11) is 0. The van der Waals surface area contributed by atoms with E-state index in [1.807, 2.05) is 48.5 Å². The topological polar surface area (TPSA) is 65.0 Å². The molecule has 0 unspecified atom stereocenters. The average molecular weight is 604 g/mol. The van der Waals surface area contributed by atoms with Crippen LogP contribution in [0.2, 0.25) is 0 Å². The first-order chi connectivity index (χ1) is 23.2. The Morgan fingerprint density at radius 3 is 1.94 bits per heavy atom. The predicted molar refractivity (Wildman–Crippen MR) is 190 cm³/mol. The number of para-hydroxylation sites is 2. The molecule has 3 heterocycles. The number of aryl methyl sites for hydroxylation is 1. The van der Waals surface area contributed by atoms with Gasteiger partial charge in [0.25, 0.3) is 0 Å². The fourth-order valence-electron chi connectivity index (χ4n) is 7.00. The van der Waals surface area contributed by atoms with Crippen molar-refractivity contribution in [3.8, 4) is 34.2 Å². The Bertz CT molecular complexity index is 2880. The van der Waals surface area contributed by atoms with E-state index in [2.05, 4.69) is 91.9 Å². The number of furan rings is 2. The maximum Gasteiger partial charge on any atom is 0.164 e. The highest BCUT2D eigenvalue weighted by Crippen LogP contribution is 2.39. The van der Waals surface area contributed by atoms with Gasteiger partial charge in [-0.15, -0.1) is 0 Å². The number of hydrogen-bond acceptors (Lipinski definition) is 5. The monoisotopic (exact) mass is 603 g/mol. The second-order valence-corrected chi connectivity index (χ2v) is 12.1. The third-order valence-corrected chi connectivity index (χ3v) is 9.17. The van der Waals surface area contributed by atoms with E-state index in [1.165, 1.54) is 0 Å². The highest BCUT2D eigenvalue weighted by molar-refractivity contribution is 6.18. The first-order valence-corrected chi connectivity index (χ1v) is 15.7. The van der Waals surface area contributed by atoms with E-state index in [0.29, 0.717) is 17.5 Å². The van der Waals surface area contributed by atoms with Crippen LogP contribution in [0.1, 0.15) is 5.56 Å². The van der Waals surface area contributed by atoms with Crippen molar-refractivity contribution in [2.24, 2.45) is 0 Å². The summed E-state index contributed by atoms with van der Waals surface area (Å²) in [6, 6.07) is 45.8. The second-order valence-electron chi connectivity index (χ2n) is 12.1. The highest BCUT2D eigenvalue weighted by Gasteiger charge is 2.19.